The van der Waals surface area contributed by atoms with Crippen LogP contribution in [0.4, 0.5) is 30.4 Å². The van der Waals surface area contributed by atoms with Crippen molar-refractivity contribution in [2.24, 2.45) is 0 Å². The minimum Gasteiger partial charge on any atom is -0.398 e. The standard InChI is InChI=1S/C18H16F3N3/c1-10-3-5-12(18(19,20)21)9-15(10)24-17-14-6-4-11(2)16(22)13(14)7-8-23-17/h3-9H,22H2,1-2H3,(H,23,24). The number of aryl methyl sites for hydroxylation is 2. The molecule has 0 bridgehead atoms. The van der Waals surface area contributed by atoms with Crippen LogP contribution in [0.5, 0.6) is 0 Å². The van der Waals surface area contributed by atoms with Crippen molar-refractivity contribution in [2.45, 2.75) is 20.0 Å². The van der Waals surface area contributed by atoms with E-state index in [9.17, 15) is 13.2 Å². The Balaban J connectivity index is 2.09. The normalized spacial score (nSPS) is 11.7. The predicted molar refractivity (Wildman–Crippen MR) is 90.4 cm³/mol. The van der Waals surface area contributed by atoms with Crippen molar-refractivity contribution in [1.82, 2.24) is 4.98 Å². The average Bonchev–Trinajstić information content (AvgIpc) is 2.52. The number of benzene rings is 2. The second-order valence-electron chi connectivity index (χ2n) is 5.70. The van der Waals surface area contributed by atoms with Crippen molar-refractivity contribution >= 4 is 28.0 Å². The highest BCUT2D eigenvalue weighted by Crippen LogP contribution is 2.34. The Morgan fingerprint density at radius 3 is 2.38 bits per heavy atom. The minimum absolute atomic E-state index is 0.365. The molecular formula is C18H16F3N3. The van der Waals surface area contributed by atoms with Crippen molar-refractivity contribution in [3.63, 3.8) is 0 Å². The molecule has 0 aliphatic carbocycles. The number of nitrogens with two attached hydrogens (primary N) is 1. The number of nitrogens with zero attached hydrogens (tertiary/aromatic N) is 1. The number of rotatable bonds is 2. The molecule has 0 radical (unpaired) electrons. The summed E-state index contributed by atoms with van der Waals surface area (Å²) in [6, 6.07) is 9.12. The lowest BCUT2D eigenvalue weighted by atomic mass is 10.1. The summed E-state index contributed by atoms with van der Waals surface area (Å²) in [5.74, 6) is 0.474. The van der Waals surface area contributed by atoms with Crippen molar-refractivity contribution in [3.8, 4) is 0 Å². The van der Waals surface area contributed by atoms with E-state index in [2.05, 4.69) is 10.3 Å². The van der Waals surface area contributed by atoms with E-state index in [0.717, 1.165) is 28.5 Å². The van der Waals surface area contributed by atoms with E-state index < -0.39 is 11.7 Å². The molecule has 0 saturated carbocycles. The van der Waals surface area contributed by atoms with Gasteiger partial charge >= 0.3 is 6.18 Å². The molecule has 0 atom stereocenters. The molecule has 3 nitrogen and oxygen atoms in total. The van der Waals surface area contributed by atoms with Gasteiger partial charge in [-0.1, -0.05) is 18.2 Å². The van der Waals surface area contributed by atoms with E-state index in [-0.39, 0.29) is 0 Å². The summed E-state index contributed by atoms with van der Waals surface area (Å²) in [5, 5.41) is 4.59. The van der Waals surface area contributed by atoms with E-state index in [1.807, 2.05) is 19.1 Å². The van der Waals surface area contributed by atoms with Gasteiger partial charge in [-0.3, -0.25) is 0 Å². The maximum atomic E-state index is 12.9. The number of aromatic nitrogens is 1. The number of nitrogens with one attached hydrogen (secondary N) is 1. The maximum Gasteiger partial charge on any atom is 0.416 e. The topological polar surface area (TPSA) is 50.9 Å². The molecule has 6 heteroatoms. The summed E-state index contributed by atoms with van der Waals surface area (Å²) < 4.78 is 38.8. The van der Waals surface area contributed by atoms with Gasteiger partial charge < -0.3 is 11.1 Å². The van der Waals surface area contributed by atoms with E-state index in [4.69, 9.17) is 5.73 Å². The molecule has 0 aliphatic rings. The zero-order chi connectivity index (χ0) is 17.5. The van der Waals surface area contributed by atoms with Crippen molar-refractivity contribution in [1.29, 1.82) is 0 Å². The fourth-order valence-electron chi connectivity index (χ4n) is 2.55. The Kier molecular flexibility index (Phi) is 3.83. The molecule has 0 aliphatic heterocycles. The molecule has 3 aromatic rings. The monoisotopic (exact) mass is 331 g/mol. The summed E-state index contributed by atoms with van der Waals surface area (Å²) in [6.07, 6.45) is -2.80. The molecule has 2 aromatic carbocycles. The second kappa shape index (κ2) is 5.70. The van der Waals surface area contributed by atoms with Gasteiger partial charge in [-0.15, -0.1) is 0 Å². The number of pyridine rings is 1. The Bertz CT molecular complexity index is 917. The summed E-state index contributed by atoms with van der Waals surface area (Å²) in [5.41, 5.74) is 8.02. The summed E-state index contributed by atoms with van der Waals surface area (Å²) in [6.45, 7) is 3.64. The molecule has 3 N–H and O–H groups in total. The quantitative estimate of drug-likeness (QED) is 0.635. The number of nitrogen functional groups attached to an aromatic ring is 1. The van der Waals surface area contributed by atoms with Gasteiger partial charge in [0.1, 0.15) is 5.82 Å². The zero-order valence-electron chi connectivity index (χ0n) is 13.2. The molecule has 3 rings (SSSR count). The van der Waals surface area contributed by atoms with E-state index >= 15 is 0 Å². The average molecular weight is 331 g/mol. The smallest absolute Gasteiger partial charge is 0.398 e. The van der Waals surface area contributed by atoms with Crippen LogP contribution in [0.25, 0.3) is 10.8 Å². The van der Waals surface area contributed by atoms with Crippen LogP contribution in [0.2, 0.25) is 0 Å². The van der Waals surface area contributed by atoms with E-state index in [1.165, 1.54) is 6.07 Å². The van der Waals surface area contributed by atoms with Gasteiger partial charge in [0.2, 0.25) is 0 Å². The molecule has 24 heavy (non-hydrogen) atoms. The number of hydrogen-bond acceptors (Lipinski definition) is 3. The molecule has 0 spiro atoms. The van der Waals surface area contributed by atoms with Crippen LogP contribution in [0.1, 0.15) is 16.7 Å². The van der Waals surface area contributed by atoms with Crippen LogP contribution >= 0.6 is 0 Å². The Morgan fingerprint density at radius 2 is 1.67 bits per heavy atom. The van der Waals surface area contributed by atoms with Crippen LogP contribution in [0, 0.1) is 13.8 Å². The van der Waals surface area contributed by atoms with Crippen LogP contribution < -0.4 is 11.1 Å². The SMILES string of the molecule is Cc1ccc(C(F)(F)F)cc1Nc1nccc2c(N)c(C)ccc12. The number of anilines is 3. The Morgan fingerprint density at radius 1 is 0.958 bits per heavy atom. The molecule has 124 valence electrons. The van der Waals surface area contributed by atoms with Gasteiger partial charge in [0, 0.05) is 28.3 Å². The molecule has 1 heterocycles. The first kappa shape index (κ1) is 16.1. The molecule has 0 saturated heterocycles. The van der Waals surface area contributed by atoms with Crippen molar-refractivity contribution in [2.75, 3.05) is 11.1 Å². The van der Waals surface area contributed by atoms with Gasteiger partial charge in [-0.25, -0.2) is 4.98 Å². The fraction of sp³-hybridized carbons (Fsp3) is 0.167. The minimum atomic E-state index is -4.39. The maximum absolute atomic E-state index is 12.9. The van der Waals surface area contributed by atoms with Crippen molar-refractivity contribution < 1.29 is 13.2 Å². The van der Waals surface area contributed by atoms with Crippen LogP contribution in [-0.4, -0.2) is 4.98 Å². The summed E-state index contributed by atoms with van der Waals surface area (Å²) in [4.78, 5) is 4.26. The molecular weight excluding hydrogens is 315 g/mol. The fourth-order valence-corrected chi connectivity index (χ4v) is 2.55. The second-order valence-corrected chi connectivity index (χ2v) is 5.70. The lowest BCUT2D eigenvalue weighted by Crippen LogP contribution is -2.06. The third-order valence-electron chi connectivity index (χ3n) is 4.02. The van der Waals surface area contributed by atoms with Gasteiger partial charge in [0.25, 0.3) is 0 Å². The van der Waals surface area contributed by atoms with Gasteiger partial charge in [0.15, 0.2) is 0 Å². The highest BCUT2D eigenvalue weighted by atomic mass is 19.4. The lowest BCUT2D eigenvalue weighted by molar-refractivity contribution is -0.137. The summed E-state index contributed by atoms with van der Waals surface area (Å²) >= 11 is 0. The van der Waals surface area contributed by atoms with Crippen LogP contribution in [0.3, 0.4) is 0 Å². The Labute approximate surface area is 137 Å². The van der Waals surface area contributed by atoms with Crippen molar-refractivity contribution in [3.05, 3.63) is 59.3 Å². The molecule has 0 unspecified atom stereocenters. The molecule has 1 aromatic heterocycles. The number of halogens is 3. The third kappa shape index (κ3) is 2.87. The molecule has 0 amide bonds. The predicted octanol–water partition coefficient (Wildman–Crippen LogP) is 5.20. The molecule has 0 fully saturated rings. The summed E-state index contributed by atoms with van der Waals surface area (Å²) in [7, 11) is 0. The first-order valence-electron chi connectivity index (χ1n) is 7.36. The largest absolute Gasteiger partial charge is 0.416 e. The first-order valence-corrected chi connectivity index (χ1v) is 7.36. The Hall–Kier alpha value is -2.76. The van der Waals surface area contributed by atoms with Gasteiger partial charge in [-0.2, -0.15) is 13.2 Å². The number of fused-ring (bicyclic) bond motifs is 1. The third-order valence-corrected chi connectivity index (χ3v) is 4.02. The highest BCUT2D eigenvalue weighted by molar-refractivity contribution is 6.01. The van der Waals surface area contributed by atoms with E-state index in [0.29, 0.717) is 22.8 Å². The zero-order valence-corrected chi connectivity index (χ0v) is 13.2. The number of alkyl halides is 3. The van der Waals surface area contributed by atoms with E-state index in [1.54, 1.807) is 19.2 Å². The van der Waals surface area contributed by atoms with Gasteiger partial charge in [-0.05, 0) is 43.2 Å². The van der Waals surface area contributed by atoms with Crippen LogP contribution in [-0.2, 0) is 6.18 Å². The van der Waals surface area contributed by atoms with Gasteiger partial charge in [0.05, 0.1) is 5.56 Å². The number of hydrogen-bond donors (Lipinski definition) is 2. The highest BCUT2D eigenvalue weighted by Gasteiger charge is 2.30. The lowest BCUT2D eigenvalue weighted by Gasteiger charge is -2.15. The van der Waals surface area contributed by atoms with Crippen LogP contribution in [0.15, 0.2) is 42.6 Å². The first-order chi connectivity index (χ1) is 11.3.